The number of benzene rings is 1. The minimum atomic E-state index is 0.704. The molecular formula is C13H15ClN2OS2. The van der Waals surface area contributed by atoms with Crippen LogP contribution in [0, 0.1) is 0 Å². The molecule has 0 atom stereocenters. The van der Waals surface area contributed by atoms with E-state index in [2.05, 4.69) is 10.3 Å². The van der Waals surface area contributed by atoms with Crippen LogP contribution in [-0.4, -0.2) is 25.2 Å². The van der Waals surface area contributed by atoms with Crippen LogP contribution in [0.3, 0.4) is 0 Å². The number of thiazole rings is 1. The first-order valence-electron chi connectivity index (χ1n) is 5.85. The van der Waals surface area contributed by atoms with E-state index in [9.17, 15) is 0 Å². The van der Waals surface area contributed by atoms with Crippen LogP contribution in [-0.2, 0) is 11.3 Å². The summed E-state index contributed by atoms with van der Waals surface area (Å²) in [6.07, 6.45) is 1.82. The molecule has 2 aromatic rings. The van der Waals surface area contributed by atoms with Gasteiger partial charge in [-0.3, -0.25) is 0 Å². The van der Waals surface area contributed by atoms with Crippen molar-refractivity contribution < 1.29 is 4.74 Å². The van der Waals surface area contributed by atoms with Crippen molar-refractivity contribution in [1.82, 2.24) is 10.3 Å². The molecule has 2 rings (SSSR count). The Balaban J connectivity index is 2.04. The lowest BCUT2D eigenvalue weighted by Gasteiger charge is -2.09. The predicted molar refractivity (Wildman–Crippen MR) is 81.3 cm³/mol. The molecule has 3 nitrogen and oxygen atoms in total. The first-order chi connectivity index (χ1) is 9.29. The molecule has 1 heterocycles. The second kappa shape index (κ2) is 7.87. The Morgan fingerprint density at radius 3 is 3.11 bits per heavy atom. The summed E-state index contributed by atoms with van der Waals surface area (Å²) in [5.41, 5.74) is 1.18. The van der Waals surface area contributed by atoms with Crippen LogP contribution in [0.5, 0.6) is 0 Å². The maximum absolute atomic E-state index is 6.06. The van der Waals surface area contributed by atoms with Gasteiger partial charge in [-0.25, -0.2) is 4.98 Å². The van der Waals surface area contributed by atoms with E-state index in [0.717, 1.165) is 22.5 Å². The largest absolute Gasteiger partial charge is 0.383 e. The van der Waals surface area contributed by atoms with E-state index in [-0.39, 0.29) is 0 Å². The molecule has 0 bridgehead atoms. The fourth-order valence-corrected chi connectivity index (χ4v) is 3.42. The summed E-state index contributed by atoms with van der Waals surface area (Å²) >= 11 is 9.38. The third kappa shape index (κ3) is 4.78. The predicted octanol–water partition coefficient (Wildman–Crippen LogP) is 3.68. The molecule has 0 aliphatic carbocycles. The zero-order valence-electron chi connectivity index (χ0n) is 10.6. The molecule has 0 amide bonds. The van der Waals surface area contributed by atoms with Crippen LogP contribution in [0.2, 0.25) is 5.02 Å². The van der Waals surface area contributed by atoms with Crippen LogP contribution in [0.25, 0.3) is 0 Å². The Labute approximate surface area is 126 Å². The van der Waals surface area contributed by atoms with Gasteiger partial charge in [-0.2, -0.15) is 0 Å². The Morgan fingerprint density at radius 1 is 1.47 bits per heavy atom. The number of hydrogen-bond donors (Lipinski definition) is 1. The lowest BCUT2D eigenvalue weighted by Crippen LogP contribution is -2.18. The standard InChI is InChI=1S/C13H15ClN2OS2/c1-17-6-4-15-9-10-8-11(14)2-3-12(10)19-13-16-5-7-18-13/h2-3,5,7-8,15H,4,6,9H2,1H3. The zero-order chi connectivity index (χ0) is 13.5. The van der Waals surface area contributed by atoms with Crippen molar-refractivity contribution in [3.05, 3.63) is 40.4 Å². The van der Waals surface area contributed by atoms with E-state index in [1.54, 1.807) is 30.2 Å². The highest BCUT2D eigenvalue weighted by atomic mass is 35.5. The number of rotatable bonds is 7. The van der Waals surface area contributed by atoms with Crippen LogP contribution in [0.1, 0.15) is 5.56 Å². The van der Waals surface area contributed by atoms with Gasteiger partial charge in [0.25, 0.3) is 0 Å². The average Bonchev–Trinajstić information content (AvgIpc) is 2.90. The molecule has 6 heteroatoms. The summed E-state index contributed by atoms with van der Waals surface area (Å²) in [4.78, 5) is 5.48. The van der Waals surface area contributed by atoms with Crippen molar-refractivity contribution in [2.45, 2.75) is 15.8 Å². The van der Waals surface area contributed by atoms with Gasteiger partial charge in [0.05, 0.1) is 6.61 Å². The number of nitrogens with zero attached hydrogens (tertiary/aromatic N) is 1. The maximum Gasteiger partial charge on any atom is 0.154 e. The molecule has 0 spiro atoms. The van der Waals surface area contributed by atoms with Crippen molar-refractivity contribution in [2.75, 3.05) is 20.3 Å². The van der Waals surface area contributed by atoms with Gasteiger partial charge in [0.15, 0.2) is 4.34 Å². The van der Waals surface area contributed by atoms with E-state index in [1.165, 1.54) is 10.5 Å². The lowest BCUT2D eigenvalue weighted by atomic mass is 10.2. The number of halogens is 1. The van der Waals surface area contributed by atoms with Crippen LogP contribution in [0.15, 0.2) is 39.0 Å². The van der Waals surface area contributed by atoms with E-state index >= 15 is 0 Å². The molecule has 0 saturated carbocycles. The van der Waals surface area contributed by atoms with Crippen LogP contribution >= 0.6 is 34.7 Å². The van der Waals surface area contributed by atoms with E-state index in [4.69, 9.17) is 16.3 Å². The minimum absolute atomic E-state index is 0.704. The Kier molecular flexibility index (Phi) is 6.13. The first-order valence-corrected chi connectivity index (χ1v) is 7.92. The topological polar surface area (TPSA) is 34.1 Å². The molecule has 19 heavy (non-hydrogen) atoms. The smallest absolute Gasteiger partial charge is 0.154 e. The van der Waals surface area contributed by atoms with Gasteiger partial charge in [-0.15, -0.1) is 11.3 Å². The molecule has 0 saturated heterocycles. The Bertz CT molecular complexity index is 505. The average molecular weight is 315 g/mol. The van der Waals surface area contributed by atoms with Crippen LogP contribution < -0.4 is 5.32 Å². The normalized spacial score (nSPS) is 10.8. The van der Waals surface area contributed by atoms with E-state index in [0.29, 0.717) is 6.61 Å². The quantitative estimate of drug-likeness (QED) is 0.790. The van der Waals surface area contributed by atoms with Gasteiger partial charge in [-0.05, 0) is 23.8 Å². The highest BCUT2D eigenvalue weighted by Gasteiger charge is 2.07. The maximum atomic E-state index is 6.06. The Hall–Kier alpha value is -0.590. The number of aromatic nitrogens is 1. The SMILES string of the molecule is COCCNCc1cc(Cl)ccc1Sc1nccs1. The molecule has 0 aliphatic rings. The molecule has 1 aromatic carbocycles. The lowest BCUT2D eigenvalue weighted by molar-refractivity contribution is 0.199. The van der Waals surface area contributed by atoms with Gasteiger partial charge >= 0.3 is 0 Å². The van der Waals surface area contributed by atoms with Crippen LogP contribution in [0.4, 0.5) is 0 Å². The van der Waals surface area contributed by atoms with Gasteiger partial charge in [0.2, 0.25) is 0 Å². The summed E-state index contributed by atoms with van der Waals surface area (Å²) in [5, 5.41) is 6.07. The minimum Gasteiger partial charge on any atom is -0.383 e. The zero-order valence-corrected chi connectivity index (χ0v) is 12.9. The highest BCUT2D eigenvalue weighted by molar-refractivity contribution is 8.01. The summed E-state index contributed by atoms with van der Waals surface area (Å²) in [6.45, 7) is 2.30. The monoisotopic (exact) mass is 314 g/mol. The van der Waals surface area contributed by atoms with E-state index in [1.807, 2.05) is 29.8 Å². The van der Waals surface area contributed by atoms with Crippen molar-refractivity contribution in [1.29, 1.82) is 0 Å². The second-order valence-electron chi connectivity index (χ2n) is 3.82. The van der Waals surface area contributed by atoms with Crippen molar-refractivity contribution in [3.8, 4) is 0 Å². The number of methoxy groups -OCH3 is 1. The fraction of sp³-hybridized carbons (Fsp3) is 0.308. The summed E-state index contributed by atoms with van der Waals surface area (Å²) in [7, 11) is 1.70. The number of nitrogens with one attached hydrogen (secondary N) is 1. The molecule has 0 radical (unpaired) electrons. The number of ether oxygens (including phenoxy) is 1. The third-order valence-corrected chi connectivity index (χ3v) is 4.66. The van der Waals surface area contributed by atoms with Gasteiger partial charge < -0.3 is 10.1 Å². The van der Waals surface area contributed by atoms with Crippen molar-refractivity contribution in [2.24, 2.45) is 0 Å². The van der Waals surface area contributed by atoms with E-state index < -0.39 is 0 Å². The molecule has 0 unspecified atom stereocenters. The van der Waals surface area contributed by atoms with Gasteiger partial charge in [-0.1, -0.05) is 23.4 Å². The molecule has 1 N–H and O–H groups in total. The van der Waals surface area contributed by atoms with Crippen molar-refractivity contribution in [3.63, 3.8) is 0 Å². The summed E-state index contributed by atoms with van der Waals surface area (Å²) < 4.78 is 6.06. The molecule has 1 aromatic heterocycles. The van der Waals surface area contributed by atoms with Crippen molar-refractivity contribution >= 4 is 34.7 Å². The summed E-state index contributed by atoms with van der Waals surface area (Å²) in [6, 6.07) is 5.95. The highest BCUT2D eigenvalue weighted by Crippen LogP contribution is 2.33. The fourth-order valence-electron chi connectivity index (χ4n) is 1.54. The summed E-state index contributed by atoms with van der Waals surface area (Å²) in [5.74, 6) is 0. The molecule has 0 fully saturated rings. The molecule has 0 aliphatic heterocycles. The molecular weight excluding hydrogens is 300 g/mol. The van der Waals surface area contributed by atoms with Gasteiger partial charge in [0.1, 0.15) is 0 Å². The first kappa shape index (κ1) is 14.8. The van der Waals surface area contributed by atoms with Gasteiger partial charge in [0, 0.05) is 41.7 Å². The number of hydrogen-bond acceptors (Lipinski definition) is 5. The molecule has 102 valence electrons. The second-order valence-corrected chi connectivity index (χ2v) is 6.44. The Morgan fingerprint density at radius 2 is 2.37 bits per heavy atom. The third-order valence-electron chi connectivity index (χ3n) is 2.43.